The van der Waals surface area contributed by atoms with Gasteiger partial charge in [0.25, 0.3) is 21.6 Å². The maximum Gasteiger partial charge on any atom is 0.341 e. The highest BCUT2D eigenvalue weighted by molar-refractivity contribution is 7.92. The van der Waals surface area contributed by atoms with Crippen LogP contribution >= 0.6 is 11.6 Å². The number of esters is 1. The molecule has 12 heteroatoms. The number of ether oxygens (including phenoxy) is 1. The van der Waals surface area contributed by atoms with E-state index in [0.717, 1.165) is 24.6 Å². The summed E-state index contributed by atoms with van der Waals surface area (Å²) in [6.07, 6.45) is -0.0500. The molecule has 10 nitrogen and oxygen atoms in total. The van der Waals surface area contributed by atoms with E-state index in [9.17, 15) is 28.1 Å². The van der Waals surface area contributed by atoms with Crippen molar-refractivity contribution in [2.24, 2.45) is 11.8 Å². The fraction of sp³-hybridized carbons (Fsp3) is 0.391. The van der Waals surface area contributed by atoms with Crippen LogP contribution < -0.4 is 4.72 Å². The minimum Gasteiger partial charge on any atom is -0.449 e. The standard InChI is InChI=1S/C23H26ClN3O7S/c1-14-10-15(2)13-26(12-14)22(28)16(3)34-23(29)18-6-4-5-7-20(18)25-35(32,33)17-8-9-19(24)21(11-17)27(30)31/h4-9,11,14-16,25H,10,12-13H2,1-3H3/t14-,15-,16+/m1/s1. The van der Waals surface area contributed by atoms with Crippen molar-refractivity contribution in [3.8, 4) is 0 Å². The van der Waals surface area contributed by atoms with Gasteiger partial charge >= 0.3 is 5.97 Å². The van der Waals surface area contributed by atoms with E-state index in [1.54, 1.807) is 4.90 Å². The molecule has 1 N–H and O–H groups in total. The number of nitrogens with one attached hydrogen (secondary N) is 1. The smallest absolute Gasteiger partial charge is 0.341 e. The third-order valence-electron chi connectivity index (χ3n) is 5.63. The van der Waals surface area contributed by atoms with Crippen molar-refractivity contribution in [2.45, 2.75) is 38.2 Å². The van der Waals surface area contributed by atoms with Crippen LogP contribution in [0.1, 0.15) is 37.6 Å². The number of benzene rings is 2. The summed E-state index contributed by atoms with van der Waals surface area (Å²) in [5.74, 6) is -0.526. The molecule has 0 radical (unpaired) electrons. The van der Waals surface area contributed by atoms with Crippen LogP contribution in [0.4, 0.5) is 11.4 Å². The summed E-state index contributed by atoms with van der Waals surface area (Å²) in [4.78, 5) is 37.3. The summed E-state index contributed by atoms with van der Waals surface area (Å²) >= 11 is 5.77. The molecule has 0 spiro atoms. The van der Waals surface area contributed by atoms with Crippen LogP contribution in [0.2, 0.25) is 5.02 Å². The van der Waals surface area contributed by atoms with Gasteiger partial charge in [-0.3, -0.25) is 19.6 Å². The number of hydrogen-bond donors (Lipinski definition) is 1. The monoisotopic (exact) mass is 523 g/mol. The number of halogens is 1. The van der Waals surface area contributed by atoms with Crippen LogP contribution in [0.25, 0.3) is 0 Å². The molecule has 0 bridgehead atoms. The summed E-state index contributed by atoms with van der Waals surface area (Å²) < 4.78 is 33.4. The molecule has 1 saturated heterocycles. The molecule has 3 atom stereocenters. The molecule has 1 aliphatic rings. The zero-order valence-electron chi connectivity index (χ0n) is 19.4. The first-order chi connectivity index (χ1) is 16.4. The second-order valence-corrected chi connectivity index (χ2v) is 10.8. The van der Waals surface area contributed by atoms with Gasteiger partial charge in [0.15, 0.2) is 6.10 Å². The maximum atomic E-state index is 12.9. The molecular formula is C23H26ClN3O7S. The molecule has 35 heavy (non-hydrogen) atoms. The molecular weight excluding hydrogens is 498 g/mol. The van der Waals surface area contributed by atoms with Crippen LogP contribution in [-0.4, -0.2) is 49.3 Å². The van der Waals surface area contributed by atoms with Crippen LogP contribution in [0, 0.1) is 22.0 Å². The van der Waals surface area contributed by atoms with Crippen LogP contribution in [-0.2, 0) is 19.6 Å². The van der Waals surface area contributed by atoms with E-state index in [1.165, 1.54) is 31.2 Å². The van der Waals surface area contributed by atoms with Crippen molar-refractivity contribution in [1.82, 2.24) is 4.90 Å². The molecule has 188 valence electrons. The topological polar surface area (TPSA) is 136 Å². The fourth-order valence-electron chi connectivity index (χ4n) is 4.13. The Bertz CT molecular complexity index is 1240. The Labute approximate surface area is 208 Å². The number of rotatable bonds is 7. The minimum absolute atomic E-state index is 0.102. The van der Waals surface area contributed by atoms with Crippen LogP contribution in [0.3, 0.4) is 0 Å². The third-order valence-corrected chi connectivity index (χ3v) is 7.31. The van der Waals surface area contributed by atoms with E-state index in [4.69, 9.17) is 16.3 Å². The van der Waals surface area contributed by atoms with Crippen molar-refractivity contribution in [2.75, 3.05) is 17.8 Å². The number of carbonyl (C=O) groups is 2. The lowest BCUT2D eigenvalue weighted by Crippen LogP contribution is -2.47. The van der Waals surface area contributed by atoms with Gasteiger partial charge in [0, 0.05) is 19.2 Å². The Kier molecular flexibility index (Phi) is 8.01. The zero-order chi connectivity index (χ0) is 25.9. The summed E-state index contributed by atoms with van der Waals surface area (Å²) in [5.41, 5.74) is -0.787. The Balaban J connectivity index is 1.78. The summed E-state index contributed by atoms with van der Waals surface area (Å²) in [7, 11) is -4.31. The molecule has 1 fully saturated rings. The average molecular weight is 524 g/mol. The lowest BCUT2D eigenvalue weighted by atomic mass is 9.91. The van der Waals surface area contributed by atoms with Crippen molar-refractivity contribution >= 4 is 44.9 Å². The van der Waals surface area contributed by atoms with Gasteiger partial charge in [0.05, 0.1) is 21.1 Å². The number of nitro groups is 1. The van der Waals surface area contributed by atoms with Gasteiger partial charge in [-0.05, 0) is 49.4 Å². The van der Waals surface area contributed by atoms with E-state index >= 15 is 0 Å². The largest absolute Gasteiger partial charge is 0.449 e. The number of piperidine rings is 1. The number of amides is 1. The summed E-state index contributed by atoms with van der Waals surface area (Å²) in [6.45, 7) is 6.75. The van der Waals surface area contributed by atoms with Gasteiger partial charge in [-0.2, -0.15) is 0 Å². The molecule has 1 heterocycles. The third kappa shape index (κ3) is 6.29. The van der Waals surface area contributed by atoms with Gasteiger partial charge in [-0.1, -0.05) is 37.6 Å². The average Bonchev–Trinajstić information content (AvgIpc) is 2.77. The predicted molar refractivity (Wildman–Crippen MR) is 130 cm³/mol. The summed E-state index contributed by atoms with van der Waals surface area (Å²) in [5, 5.41) is 10.9. The maximum absolute atomic E-state index is 12.9. The van der Waals surface area contributed by atoms with E-state index < -0.39 is 37.6 Å². The first kappa shape index (κ1) is 26.4. The highest BCUT2D eigenvalue weighted by Crippen LogP contribution is 2.29. The molecule has 1 aliphatic heterocycles. The molecule has 1 amide bonds. The number of nitrogens with zero attached hydrogens (tertiary/aromatic N) is 2. The quantitative estimate of drug-likeness (QED) is 0.328. The van der Waals surface area contributed by atoms with E-state index in [1.807, 2.05) is 0 Å². The van der Waals surface area contributed by atoms with Crippen LogP contribution in [0.15, 0.2) is 47.4 Å². The number of nitro benzene ring substituents is 1. The second kappa shape index (κ2) is 10.6. The number of hydrogen-bond acceptors (Lipinski definition) is 7. The van der Waals surface area contributed by atoms with Gasteiger partial charge in [-0.25, -0.2) is 13.2 Å². The lowest BCUT2D eigenvalue weighted by Gasteiger charge is -2.36. The van der Waals surface area contributed by atoms with Gasteiger partial charge in [0.1, 0.15) is 5.02 Å². The van der Waals surface area contributed by atoms with Crippen molar-refractivity contribution in [3.63, 3.8) is 0 Å². The highest BCUT2D eigenvalue weighted by Gasteiger charge is 2.31. The number of likely N-dealkylation sites (tertiary alicyclic amines) is 1. The Hall–Kier alpha value is -3.18. The van der Waals surface area contributed by atoms with Crippen molar-refractivity contribution in [1.29, 1.82) is 0 Å². The summed E-state index contributed by atoms with van der Waals surface area (Å²) in [6, 6.07) is 8.76. The van der Waals surface area contributed by atoms with Crippen molar-refractivity contribution < 1.29 is 27.7 Å². The molecule has 0 aromatic heterocycles. The zero-order valence-corrected chi connectivity index (χ0v) is 21.0. The van der Waals surface area contributed by atoms with Crippen LogP contribution in [0.5, 0.6) is 0 Å². The molecule has 0 saturated carbocycles. The fourth-order valence-corrected chi connectivity index (χ4v) is 5.41. The number of anilines is 1. The normalized spacial score (nSPS) is 19.0. The van der Waals surface area contributed by atoms with E-state index in [0.29, 0.717) is 24.9 Å². The first-order valence-corrected chi connectivity index (χ1v) is 12.8. The predicted octanol–water partition coefficient (Wildman–Crippen LogP) is 4.10. The molecule has 0 aliphatic carbocycles. The molecule has 0 unspecified atom stereocenters. The highest BCUT2D eigenvalue weighted by atomic mass is 35.5. The van der Waals surface area contributed by atoms with E-state index in [2.05, 4.69) is 18.6 Å². The lowest BCUT2D eigenvalue weighted by molar-refractivity contribution is -0.384. The first-order valence-electron chi connectivity index (χ1n) is 10.9. The number of carbonyl (C=O) groups excluding carboxylic acids is 2. The number of para-hydroxylation sites is 1. The molecule has 2 aromatic rings. The van der Waals surface area contributed by atoms with Crippen molar-refractivity contribution in [3.05, 3.63) is 63.2 Å². The molecule has 3 rings (SSSR count). The second-order valence-electron chi connectivity index (χ2n) is 8.76. The Morgan fingerprint density at radius 3 is 2.43 bits per heavy atom. The van der Waals surface area contributed by atoms with Gasteiger partial charge in [-0.15, -0.1) is 0 Å². The Morgan fingerprint density at radius 1 is 1.17 bits per heavy atom. The number of sulfonamides is 1. The SMILES string of the molecule is C[C@@H]1C[C@@H](C)CN(C(=O)[C@H](C)OC(=O)c2ccccc2NS(=O)(=O)c2ccc(Cl)c([N+](=O)[O-])c2)C1. The van der Waals surface area contributed by atoms with Gasteiger partial charge in [0.2, 0.25) is 0 Å². The Morgan fingerprint density at radius 2 is 1.80 bits per heavy atom. The minimum atomic E-state index is -4.31. The van der Waals surface area contributed by atoms with Gasteiger partial charge < -0.3 is 9.64 Å². The van der Waals surface area contributed by atoms with E-state index in [-0.39, 0.29) is 22.2 Å². The molecule has 2 aromatic carbocycles.